The summed E-state index contributed by atoms with van der Waals surface area (Å²) in [5.74, 6) is -1.43. The van der Waals surface area contributed by atoms with Crippen molar-refractivity contribution in [1.29, 1.82) is 0 Å². The third kappa shape index (κ3) is 5.30. The molecule has 1 fully saturated rings. The number of hydrogen-bond donors (Lipinski definition) is 1. The van der Waals surface area contributed by atoms with Crippen LogP contribution >= 0.6 is 24.0 Å². The Morgan fingerprint density at radius 1 is 1.36 bits per heavy atom. The van der Waals surface area contributed by atoms with Crippen LogP contribution in [0.1, 0.15) is 12.0 Å². The summed E-state index contributed by atoms with van der Waals surface area (Å²) < 4.78 is 5.44. The second-order valence-corrected chi connectivity index (χ2v) is 6.68. The molecule has 1 aliphatic heterocycles. The van der Waals surface area contributed by atoms with Gasteiger partial charge in [-0.05, 0) is 23.8 Å². The summed E-state index contributed by atoms with van der Waals surface area (Å²) >= 11 is 6.34. The van der Waals surface area contributed by atoms with E-state index in [2.05, 4.69) is 5.32 Å². The first-order chi connectivity index (χ1) is 11.9. The number of thioether (sulfide) groups is 1. The molecule has 2 amide bonds. The average molecular weight is 379 g/mol. The largest absolute Gasteiger partial charge is 0.548 e. The van der Waals surface area contributed by atoms with E-state index in [0.717, 1.165) is 17.3 Å². The lowest BCUT2D eigenvalue weighted by Crippen LogP contribution is -2.39. The maximum absolute atomic E-state index is 12.4. The van der Waals surface area contributed by atoms with Crippen LogP contribution in [0.4, 0.5) is 0 Å². The van der Waals surface area contributed by atoms with Crippen molar-refractivity contribution in [3.8, 4) is 5.75 Å². The standard InChI is InChI=1S/C16H16N2O5S2/c1-23-11-4-2-10(3-5-11)8-12-15(22)18(16(24)25-12)7-6-13(19)17-9-14(20)21/h2-5,8H,6-7,9H2,1H3,(H,17,19)(H,20,21)/p-1/b12-8+. The molecule has 7 nitrogen and oxygen atoms in total. The highest BCUT2D eigenvalue weighted by Crippen LogP contribution is 2.32. The van der Waals surface area contributed by atoms with Crippen LogP contribution in [0.2, 0.25) is 0 Å². The fourth-order valence-electron chi connectivity index (χ4n) is 2.02. The quantitative estimate of drug-likeness (QED) is 0.532. The van der Waals surface area contributed by atoms with Crippen LogP contribution in [0.5, 0.6) is 5.75 Å². The van der Waals surface area contributed by atoms with E-state index >= 15 is 0 Å². The maximum atomic E-state index is 12.4. The molecule has 0 unspecified atom stereocenters. The van der Waals surface area contributed by atoms with E-state index in [9.17, 15) is 19.5 Å². The van der Waals surface area contributed by atoms with Gasteiger partial charge in [-0.25, -0.2) is 0 Å². The molecule has 1 heterocycles. The molecule has 0 bridgehead atoms. The van der Waals surface area contributed by atoms with Crippen molar-refractivity contribution >= 4 is 52.2 Å². The Morgan fingerprint density at radius 3 is 2.64 bits per heavy atom. The Balaban J connectivity index is 1.97. The zero-order chi connectivity index (χ0) is 18.4. The maximum Gasteiger partial charge on any atom is 0.266 e. The van der Waals surface area contributed by atoms with Gasteiger partial charge in [-0.15, -0.1) is 0 Å². The first-order valence-corrected chi connectivity index (χ1v) is 8.49. The molecule has 0 aliphatic carbocycles. The number of carbonyl (C=O) groups is 3. The molecule has 0 spiro atoms. The van der Waals surface area contributed by atoms with E-state index in [-0.39, 0.29) is 18.9 Å². The number of nitrogens with one attached hydrogen (secondary N) is 1. The Kier molecular flexibility index (Phi) is 6.54. The number of carboxylic acids is 1. The molecule has 1 aromatic carbocycles. The minimum absolute atomic E-state index is 0.0461. The van der Waals surface area contributed by atoms with Crippen LogP contribution in [0.25, 0.3) is 6.08 Å². The summed E-state index contributed by atoms with van der Waals surface area (Å²) in [6.07, 6.45) is 1.67. The topological polar surface area (TPSA) is 98.8 Å². The number of benzene rings is 1. The van der Waals surface area contributed by atoms with Gasteiger partial charge in [-0.3, -0.25) is 14.5 Å². The monoisotopic (exact) mass is 379 g/mol. The highest BCUT2D eigenvalue weighted by molar-refractivity contribution is 8.26. The third-order valence-electron chi connectivity index (χ3n) is 3.28. The second-order valence-electron chi connectivity index (χ2n) is 5.01. The molecule has 2 rings (SSSR count). The van der Waals surface area contributed by atoms with Crippen molar-refractivity contribution in [1.82, 2.24) is 10.2 Å². The van der Waals surface area contributed by atoms with Gasteiger partial charge in [0.05, 0.1) is 24.5 Å². The molecule has 1 N–H and O–H groups in total. The molecule has 25 heavy (non-hydrogen) atoms. The number of carbonyl (C=O) groups excluding carboxylic acids is 3. The fraction of sp³-hybridized carbons (Fsp3) is 0.250. The van der Waals surface area contributed by atoms with Crippen molar-refractivity contribution < 1.29 is 24.2 Å². The van der Waals surface area contributed by atoms with Crippen LogP contribution < -0.4 is 15.2 Å². The Morgan fingerprint density at radius 2 is 2.04 bits per heavy atom. The first-order valence-electron chi connectivity index (χ1n) is 7.26. The molecule has 0 atom stereocenters. The van der Waals surface area contributed by atoms with Crippen LogP contribution in [0.15, 0.2) is 29.2 Å². The average Bonchev–Trinajstić information content (AvgIpc) is 2.85. The van der Waals surface area contributed by atoms with Crippen LogP contribution in [0, 0.1) is 0 Å². The number of aliphatic carboxylic acids is 1. The minimum Gasteiger partial charge on any atom is -0.548 e. The number of methoxy groups -OCH3 is 1. The Bertz CT molecular complexity index is 731. The Labute approximate surface area is 154 Å². The normalized spacial score (nSPS) is 15.6. The van der Waals surface area contributed by atoms with Crippen molar-refractivity contribution in [2.24, 2.45) is 0 Å². The van der Waals surface area contributed by atoms with Gasteiger partial charge in [0.25, 0.3) is 5.91 Å². The SMILES string of the molecule is COc1ccc(/C=C2/SC(=S)N(CCC(=O)NCC(=O)[O-])C2=O)cc1. The lowest BCUT2D eigenvalue weighted by atomic mass is 10.2. The predicted octanol–water partition coefficient (Wildman–Crippen LogP) is 0.153. The molecular formula is C16H15N2O5S2-. The predicted molar refractivity (Wildman–Crippen MR) is 95.5 cm³/mol. The number of hydrogen-bond acceptors (Lipinski definition) is 7. The van der Waals surface area contributed by atoms with Gasteiger partial charge in [-0.1, -0.05) is 36.1 Å². The van der Waals surface area contributed by atoms with Crippen molar-refractivity contribution in [3.63, 3.8) is 0 Å². The molecule has 1 saturated heterocycles. The summed E-state index contributed by atoms with van der Waals surface area (Å²) in [6.45, 7) is -0.474. The van der Waals surface area contributed by atoms with Crippen molar-refractivity contribution in [2.45, 2.75) is 6.42 Å². The van der Waals surface area contributed by atoms with Gasteiger partial charge >= 0.3 is 0 Å². The number of ether oxygens (including phenoxy) is 1. The molecule has 0 radical (unpaired) electrons. The lowest BCUT2D eigenvalue weighted by molar-refractivity contribution is -0.304. The van der Waals surface area contributed by atoms with Crippen LogP contribution in [0.3, 0.4) is 0 Å². The first kappa shape index (κ1) is 18.9. The van der Waals surface area contributed by atoms with Gasteiger partial charge in [0.1, 0.15) is 10.1 Å². The smallest absolute Gasteiger partial charge is 0.266 e. The van der Waals surface area contributed by atoms with E-state index in [1.165, 1.54) is 4.90 Å². The number of nitrogens with zero attached hydrogens (tertiary/aromatic N) is 1. The highest BCUT2D eigenvalue weighted by Gasteiger charge is 2.31. The highest BCUT2D eigenvalue weighted by atomic mass is 32.2. The van der Waals surface area contributed by atoms with E-state index in [0.29, 0.717) is 15.0 Å². The van der Waals surface area contributed by atoms with Gasteiger partial charge < -0.3 is 20.0 Å². The Hall–Kier alpha value is -2.39. The molecule has 1 aliphatic rings. The van der Waals surface area contributed by atoms with E-state index < -0.39 is 18.4 Å². The second kappa shape index (κ2) is 8.63. The van der Waals surface area contributed by atoms with Crippen molar-refractivity contribution in [3.05, 3.63) is 34.7 Å². The number of carboxylic acid groups (broad SMARTS) is 1. The summed E-state index contributed by atoms with van der Waals surface area (Å²) in [5, 5.41) is 12.5. The van der Waals surface area contributed by atoms with Gasteiger partial charge in [-0.2, -0.15) is 0 Å². The summed E-state index contributed by atoms with van der Waals surface area (Å²) in [6, 6.07) is 7.21. The molecule has 1 aromatic rings. The number of rotatable bonds is 7. The minimum atomic E-state index is -1.37. The third-order valence-corrected chi connectivity index (χ3v) is 4.66. The van der Waals surface area contributed by atoms with E-state index in [1.54, 1.807) is 25.3 Å². The molecule has 0 saturated carbocycles. The van der Waals surface area contributed by atoms with Crippen LogP contribution in [-0.4, -0.2) is 47.2 Å². The zero-order valence-corrected chi connectivity index (χ0v) is 14.9. The zero-order valence-electron chi connectivity index (χ0n) is 13.3. The van der Waals surface area contributed by atoms with Gasteiger partial charge in [0.2, 0.25) is 5.91 Å². The molecule has 132 valence electrons. The summed E-state index contributed by atoms with van der Waals surface area (Å²) in [5.41, 5.74) is 0.827. The number of amides is 2. The van der Waals surface area contributed by atoms with E-state index in [4.69, 9.17) is 17.0 Å². The van der Waals surface area contributed by atoms with Gasteiger partial charge in [0.15, 0.2) is 0 Å². The number of thiocarbonyl (C=S) groups is 1. The lowest BCUT2D eigenvalue weighted by Gasteiger charge is -2.14. The summed E-state index contributed by atoms with van der Waals surface area (Å²) in [4.78, 5) is 36.0. The molecule has 9 heteroatoms. The molecule has 0 aromatic heterocycles. The fourth-order valence-corrected chi connectivity index (χ4v) is 3.33. The molecular weight excluding hydrogens is 364 g/mol. The van der Waals surface area contributed by atoms with Gasteiger partial charge in [0, 0.05) is 13.0 Å². The van der Waals surface area contributed by atoms with Crippen molar-refractivity contribution in [2.75, 3.05) is 20.2 Å². The summed E-state index contributed by atoms with van der Waals surface area (Å²) in [7, 11) is 1.57. The van der Waals surface area contributed by atoms with E-state index in [1.807, 2.05) is 12.1 Å². The van der Waals surface area contributed by atoms with Crippen LogP contribution in [-0.2, 0) is 14.4 Å².